The van der Waals surface area contributed by atoms with E-state index in [0.29, 0.717) is 5.69 Å². The number of benzene rings is 1. The zero-order valence-corrected chi connectivity index (χ0v) is 10.1. The fraction of sp³-hybridized carbons (Fsp3) is 0. The third-order valence-electron chi connectivity index (χ3n) is 2.76. The number of rotatable bonds is 3. The third-order valence-corrected chi connectivity index (χ3v) is 2.76. The van der Waals surface area contributed by atoms with E-state index < -0.39 is 0 Å². The summed E-state index contributed by atoms with van der Waals surface area (Å²) in [4.78, 5) is 22.3. The summed E-state index contributed by atoms with van der Waals surface area (Å²) >= 11 is 0. The number of carbonyl (C=O) groups is 1. The number of hydrogen-bond donors (Lipinski definition) is 1. The van der Waals surface area contributed by atoms with E-state index in [1.807, 2.05) is 42.5 Å². The van der Waals surface area contributed by atoms with Crippen LogP contribution >= 0.6 is 0 Å². The van der Waals surface area contributed by atoms with E-state index in [-0.39, 0.29) is 0 Å². The minimum absolute atomic E-state index is 0.559. The number of H-pyrrole nitrogens is 1. The van der Waals surface area contributed by atoms with Gasteiger partial charge in [0, 0.05) is 5.69 Å². The fourth-order valence-corrected chi connectivity index (χ4v) is 1.82. The molecule has 0 bridgehead atoms. The molecule has 0 saturated heterocycles. The van der Waals surface area contributed by atoms with Gasteiger partial charge in [-0.3, -0.25) is 9.78 Å². The van der Waals surface area contributed by atoms with Gasteiger partial charge in [-0.15, -0.1) is 0 Å². The molecule has 0 atom stereocenters. The predicted octanol–water partition coefficient (Wildman–Crippen LogP) is 2.94. The zero-order valence-electron chi connectivity index (χ0n) is 10.1. The molecule has 3 rings (SSSR count). The Morgan fingerprint density at radius 3 is 2.53 bits per heavy atom. The van der Waals surface area contributed by atoms with E-state index in [1.165, 1.54) is 0 Å². The highest BCUT2D eigenvalue weighted by Crippen LogP contribution is 2.11. The zero-order chi connectivity index (χ0) is 13.1. The van der Waals surface area contributed by atoms with Crippen LogP contribution in [0.4, 0.5) is 0 Å². The molecule has 3 aromatic rings. The maximum atomic E-state index is 10.6. The molecule has 0 spiro atoms. The van der Waals surface area contributed by atoms with Gasteiger partial charge in [0.1, 0.15) is 0 Å². The number of fused-ring (bicyclic) bond motifs is 1. The number of nitrogens with zero attached hydrogens (tertiary/aromatic N) is 2. The average Bonchev–Trinajstić information content (AvgIpc) is 2.93. The van der Waals surface area contributed by atoms with Crippen LogP contribution in [0.25, 0.3) is 23.2 Å². The number of para-hydroxylation sites is 2. The van der Waals surface area contributed by atoms with Gasteiger partial charge in [-0.2, -0.15) is 0 Å². The van der Waals surface area contributed by atoms with E-state index in [2.05, 4.69) is 15.0 Å². The molecule has 19 heavy (non-hydrogen) atoms. The standard InChI is InChI=1S/C15H11N3O/c19-10-13-8-6-11(17-13)5-7-12-9-16-14-3-1-2-4-15(14)18-12/h1-10,17H/b7-5+. The molecule has 2 heterocycles. The lowest BCUT2D eigenvalue weighted by molar-refractivity contribution is 0.111. The van der Waals surface area contributed by atoms with E-state index >= 15 is 0 Å². The minimum atomic E-state index is 0.559. The Morgan fingerprint density at radius 1 is 0.947 bits per heavy atom. The van der Waals surface area contributed by atoms with Gasteiger partial charge in [0.15, 0.2) is 6.29 Å². The second kappa shape index (κ2) is 4.86. The number of aldehydes is 1. The molecule has 0 unspecified atom stereocenters. The summed E-state index contributed by atoms with van der Waals surface area (Å²) in [6.07, 6.45) is 6.24. The number of carbonyl (C=O) groups excluding carboxylic acids is 1. The first-order valence-electron chi connectivity index (χ1n) is 5.89. The Hall–Kier alpha value is -2.75. The van der Waals surface area contributed by atoms with Crippen LogP contribution in [-0.2, 0) is 0 Å². The highest BCUT2D eigenvalue weighted by atomic mass is 16.1. The molecule has 0 aliphatic heterocycles. The molecule has 4 heteroatoms. The molecule has 0 amide bonds. The first-order chi connectivity index (χ1) is 9.35. The van der Waals surface area contributed by atoms with Crippen molar-refractivity contribution >= 4 is 29.5 Å². The highest BCUT2D eigenvalue weighted by molar-refractivity contribution is 5.77. The molecule has 4 nitrogen and oxygen atoms in total. The number of nitrogens with one attached hydrogen (secondary N) is 1. The van der Waals surface area contributed by atoms with Crippen molar-refractivity contribution in [1.82, 2.24) is 15.0 Å². The van der Waals surface area contributed by atoms with Crippen LogP contribution in [0.15, 0.2) is 42.6 Å². The van der Waals surface area contributed by atoms with Crippen molar-refractivity contribution in [1.29, 1.82) is 0 Å². The Morgan fingerprint density at radius 2 is 1.74 bits per heavy atom. The largest absolute Gasteiger partial charge is 0.353 e. The highest BCUT2D eigenvalue weighted by Gasteiger charge is 1.97. The van der Waals surface area contributed by atoms with E-state index in [4.69, 9.17) is 0 Å². The SMILES string of the molecule is O=Cc1ccc(/C=C/c2cnc3ccccc3n2)[nH]1. The summed E-state index contributed by atoms with van der Waals surface area (Å²) in [7, 11) is 0. The lowest BCUT2D eigenvalue weighted by Gasteiger charge is -1.97. The third kappa shape index (κ3) is 2.42. The van der Waals surface area contributed by atoms with Crippen LogP contribution in [0.2, 0.25) is 0 Å². The van der Waals surface area contributed by atoms with Crippen LogP contribution in [0.5, 0.6) is 0 Å². The quantitative estimate of drug-likeness (QED) is 0.726. The van der Waals surface area contributed by atoms with Crippen molar-refractivity contribution in [3.63, 3.8) is 0 Å². The van der Waals surface area contributed by atoms with Crippen LogP contribution in [0, 0.1) is 0 Å². The molecule has 0 aliphatic carbocycles. The van der Waals surface area contributed by atoms with Gasteiger partial charge in [-0.1, -0.05) is 12.1 Å². The van der Waals surface area contributed by atoms with E-state index in [1.54, 1.807) is 12.3 Å². The van der Waals surface area contributed by atoms with Gasteiger partial charge in [0.25, 0.3) is 0 Å². The number of aromatic amines is 1. The number of aromatic nitrogens is 3. The Kier molecular flexibility index (Phi) is 2.90. The molecule has 0 radical (unpaired) electrons. The van der Waals surface area contributed by atoms with Crippen molar-refractivity contribution in [2.45, 2.75) is 0 Å². The Labute approximate surface area is 109 Å². The van der Waals surface area contributed by atoms with Crippen LogP contribution in [0.3, 0.4) is 0 Å². The second-order valence-electron chi connectivity index (χ2n) is 4.10. The predicted molar refractivity (Wildman–Crippen MR) is 74.6 cm³/mol. The van der Waals surface area contributed by atoms with Crippen molar-refractivity contribution < 1.29 is 4.79 Å². The normalized spacial score (nSPS) is 11.2. The van der Waals surface area contributed by atoms with Gasteiger partial charge in [-0.25, -0.2) is 4.98 Å². The summed E-state index contributed by atoms with van der Waals surface area (Å²) in [5, 5.41) is 0. The maximum absolute atomic E-state index is 10.6. The van der Waals surface area contributed by atoms with Gasteiger partial charge in [0.05, 0.1) is 28.6 Å². The first-order valence-corrected chi connectivity index (χ1v) is 5.89. The lowest BCUT2D eigenvalue weighted by Crippen LogP contribution is -1.86. The minimum Gasteiger partial charge on any atom is -0.353 e. The smallest absolute Gasteiger partial charge is 0.166 e. The van der Waals surface area contributed by atoms with Gasteiger partial charge >= 0.3 is 0 Å². The molecule has 1 N–H and O–H groups in total. The molecule has 92 valence electrons. The summed E-state index contributed by atoms with van der Waals surface area (Å²) in [5.41, 5.74) is 3.94. The Balaban J connectivity index is 1.90. The number of hydrogen-bond acceptors (Lipinski definition) is 3. The summed E-state index contributed by atoms with van der Waals surface area (Å²) < 4.78 is 0. The average molecular weight is 249 g/mol. The molecular weight excluding hydrogens is 238 g/mol. The van der Waals surface area contributed by atoms with E-state index in [0.717, 1.165) is 28.7 Å². The van der Waals surface area contributed by atoms with Gasteiger partial charge in [-0.05, 0) is 36.4 Å². The van der Waals surface area contributed by atoms with Crippen molar-refractivity contribution in [3.05, 3.63) is 59.7 Å². The van der Waals surface area contributed by atoms with Crippen LogP contribution in [-0.4, -0.2) is 21.2 Å². The van der Waals surface area contributed by atoms with Crippen molar-refractivity contribution in [3.8, 4) is 0 Å². The van der Waals surface area contributed by atoms with Gasteiger partial charge in [0.2, 0.25) is 0 Å². The van der Waals surface area contributed by atoms with E-state index in [9.17, 15) is 4.79 Å². The second-order valence-corrected chi connectivity index (χ2v) is 4.10. The summed E-state index contributed by atoms with van der Waals surface area (Å²) in [5.74, 6) is 0. The topological polar surface area (TPSA) is 58.6 Å². The summed E-state index contributed by atoms with van der Waals surface area (Å²) in [6, 6.07) is 11.3. The molecule has 1 aromatic carbocycles. The first kappa shape index (κ1) is 11.3. The molecule has 0 fully saturated rings. The fourth-order valence-electron chi connectivity index (χ4n) is 1.82. The van der Waals surface area contributed by atoms with Crippen LogP contribution in [0.1, 0.15) is 21.9 Å². The molecule has 0 saturated carbocycles. The molecular formula is C15H11N3O. The van der Waals surface area contributed by atoms with Crippen molar-refractivity contribution in [2.24, 2.45) is 0 Å². The van der Waals surface area contributed by atoms with Crippen molar-refractivity contribution in [2.75, 3.05) is 0 Å². The Bertz CT molecular complexity index is 759. The summed E-state index contributed by atoms with van der Waals surface area (Å²) in [6.45, 7) is 0. The molecule has 0 aliphatic rings. The van der Waals surface area contributed by atoms with Crippen LogP contribution < -0.4 is 0 Å². The lowest BCUT2D eigenvalue weighted by atomic mass is 10.3. The molecule has 2 aromatic heterocycles. The van der Waals surface area contributed by atoms with Gasteiger partial charge < -0.3 is 4.98 Å². The monoisotopic (exact) mass is 249 g/mol. The maximum Gasteiger partial charge on any atom is 0.166 e.